The summed E-state index contributed by atoms with van der Waals surface area (Å²) in [7, 11) is 0. The van der Waals surface area contributed by atoms with Crippen molar-refractivity contribution in [3.8, 4) is 0 Å². The van der Waals surface area contributed by atoms with E-state index in [1.807, 2.05) is 6.07 Å². The van der Waals surface area contributed by atoms with Crippen LogP contribution in [0.3, 0.4) is 0 Å². The van der Waals surface area contributed by atoms with Crippen LogP contribution in [0.4, 0.5) is 10.1 Å². The molecule has 2 rings (SSSR count). The van der Waals surface area contributed by atoms with Gasteiger partial charge in [-0.2, -0.15) is 0 Å². The van der Waals surface area contributed by atoms with E-state index < -0.39 is 6.10 Å². The lowest BCUT2D eigenvalue weighted by molar-refractivity contribution is 0.199. The molecule has 0 unspecified atom stereocenters. The van der Waals surface area contributed by atoms with Crippen LogP contribution >= 0.6 is 0 Å². The second-order valence-electron chi connectivity index (χ2n) is 7.01. The average Bonchev–Trinajstić information content (AvgIpc) is 2.40. The first kappa shape index (κ1) is 16.0. The Kier molecular flexibility index (Phi) is 4.43. The van der Waals surface area contributed by atoms with E-state index >= 15 is 0 Å². The SMILES string of the molecule is Cc1cc(N2CC=C(C(C)(C)C)CC2)c([C@@H](C)O)cc1F. The molecule has 1 aromatic carbocycles. The highest BCUT2D eigenvalue weighted by Crippen LogP contribution is 2.34. The summed E-state index contributed by atoms with van der Waals surface area (Å²) >= 11 is 0. The number of hydrogen-bond acceptors (Lipinski definition) is 2. The van der Waals surface area contributed by atoms with Gasteiger partial charge in [0.15, 0.2) is 0 Å². The molecule has 1 heterocycles. The molecular formula is C18H26FNO. The van der Waals surface area contributed by atoms with Gasteiger partial charge in [-0.3, -0.25) is 0 Å². The molecule has 1 aromatic rings. The largest absolute Gasteiger partial charge is 0.389 e. The minimum atomic E-state index is -0.664. The zero-order valence-corrected chi connectivity index (χ0v) is 13.7. The molecule has 0 bridgehead atoms. The number of aliphatic hydroxyl groups is 1. The van der Waals surface area contributed by atoms with Gasteiger partial charge in [0.05, 0.1) is 6.10 Å². The van der Waals surface area contributed by atoms with Crippen molar-refractivity contribution in [2.75, 3.05) is 18.0 Å². The standard InChI is InChI=1S/C18H26FNO/c1-12-10-17(15(13(2)21)11-16(12)19)20-8-6-14(7-9-20)18(3,4)5/h6,10-11,13,21H,7-9H2,1-5H3/t13-/m1/s1. The van der Waals surface area contributed by atoms with Gasteiger partial charge in [-0.15, -0.1) is 0 Å². The molecule has 3 heteroatoms. The average molecular weight is 291 g/mol. The van der Waals surface area contributed by atoms with Crippen molar-refractivity contribution in [2.45, 2.75) is 47.1 Å². The van der Waals surface area contributed by atoms with Crippen LogP contribution in [0.25, 0.3) is 0 Å². The molecular weight excluding hydrogens is 265 g/mol. The molecule has 0 saturated carbocycles. The van der Waals surface area contributed by atoms with Crippen molar-refractivity contribution in [3.63, 3.8) is 0 Å². The van der Waals surface area contributed by atoms with Crippen molar-refractivity contribution >= 4 is 5.69 Å². The van der Waals surface area contributed by atoms with Crippen LogP contribution in [0.2, 0.25) is 0 Å². The van der Waals surface area contributed by atoms with Crippen LogP contribution in [0.15, 0.2) is 23.8 Å². The molecule has 0 saturated heterocycles. The van der Waals surface area contributed by atoms with Gasteiger partial charge in [-0.1, -0.05) is 32.4 Å². The van der Waals surface area contributed by atoms with E-state index in [4.69, 9.17) is 0 Å². The predicted molar refractivity (Wildman–Crippen MR) is 86.1 cm³/mol. The fraction of sp³-hybridized carbons (Fsp3) is 0.556. The van der Waals surface area contributed by atoms with Crippen molar-refractivity contribution < 1.29 is 9.50 Å². The number of hydrogen-bond donors (Lipinski definition) is 1. The topological polar surface area (TPSA) is 23.5 Å². The van der Waals surface area contributed by atoms with Gasteiger partial charge < -0.3 is 10.0 Å². The number of anilines is 1. The predicted octanol–water partition coefficient (Wildman–Crippen LogP) is 4.37. The third-order valence-corrected chi connectivity index (χ3v) is 4.27. The monoisotopic (exact) mass is 291 g/mol. The normalized spacial score (nSPS) is 17.7. The van der Waals surface area contributed by atoms with Gasteiger partial charge in [-0.25, -0.2) is 4.39 Å². The van der Waals surface area contributed by atoms with Gasteiger partial charge in [0.1, 0.15) is 5.82 Å². The first-order valence-electron chi connectivity index (χ1n) is 7.62. The summed E-state index contributed by atoms with van der Waals surface area (Å²) in [5.74, 6) is -0.252. The maximum atomic E-state index is 13.8. The van der Waals surface area contributed by atoms with Crippen molar-refractivity contribution in [2.24, 2.45) is 5.41 Å². The molecule has 116 valence electrons. The van der Waals surface area contributed by atoms with Gasteiger partial charge >= 0.3 is 0 Å². The summed E-state index contributed by atoms with van der Waals surface area (Å²) in [6.07, 6.45) is 2.62. The van der Waals surface area contributed by atoms with Crippen LogP contribution in [-0.4, -0.2) is 18.2 Å². The Hall–Kier alpha value is -1.35. The molecule has 1 N–H and O–H groups in total. The minimum absolute atomic E-state index is 0.206. The summed E-state index contributed by atoms with van der Waals surface area (Å²) in [6.45, 7) is 11.9. The zero-order valence-electron chi connectivity index (χ0n) is 13.7. The van der Waals surface area contributed by atoms with Crippen LogP contribution in [0.5, 0.6) is 0 Å². The Morgan fingerprint density at radius 3 is 2.43 bits per heavy atom. The van der Waals surface area contributed by atoms with Crippen LogP contribution in [0, 0.1) is 18.2 Å². The number of nitrogens with zero attached hydrogens (tertiary/aromatic N) is 1. The maximum absolute atomic E-state index is 13.8. The number of aryl methyl sites for hydroxylation is 1. The number of benzene rings is 1. The minimum Gasteiger partial charge on any atom is -0.389 e. The van der Waals surface area contributed by atoms with Crippen molar-refractivity contribution in [1.82, 2.24) is 0 Å². The fourth-order valence-electron chi connectivity index (χ4n) is 2.86. The molecule has 0 fully saturated rings. The second kappa shape index (κ2) is 5.80. The maximum Gasteiger partial charge on any atom is 0.126 e. The molecule has 0 aliphatic carbocycles. The molecule has 0 aromatic heterocycles. The van der Waals surface area contributed by atoms with Crippen LogP contribution < -0.4 is 4.90 Å². The molecule has 0 amide bonds. The molecule has 0 radical (unpaired) electrons. The van der Waals surface area contributed by atoms with E-state index in [0.717, 1.165) is 25.2 Å². The Labute approximate surface area is 127 Å². The smallest absolute Gasteiger partial charge is 0.126 e. The third-order valence-electron chi connectivity index (χ3n) is 4.27. The van der Waals surface area contributed by atoms with Crippen molar-refractivity contribution in [3.05, 3.63) is 40.7 Å². The molecule has 1 aliphatic heterocycles. The molecule has 1 aliphatic rings. The summed E-state index contributed by atoms with van der Waals surface area (Å²) in [5, 5.41) is 9.92. The lowest BCUT2D eigenvalue weighted by atomic mass is 9.83. The van der Waals surface area contributed by atoms with E-state index in [9.17, 15) is 9.50 Å². The Morgan fingerprint density at radius 1 is 1.29 bits per heavy atom. The Morgan fingerprint density at radius 2 is 1.95 bits per heavy atom. The molecule has 1 atom stereocenters. The lowest BCUT2D eigenvalue weighted by Crippen LogP contribution is -2.32. The van der Waals surface area contributed by atoms with Crippen LogP contribution in [0.1, 0.15) is 51.3 Å². The van der Waals surface area contributed by atoms with E-state index in [-0.39, 0.29) is 11.2 Å². The molecule has 21 heavy (non-hydrogen) atoms. The van der Waals surface area contributed by atoms with Gasteiger partial charge in [-0.05, 0) is 43.4 Å². The first-order valence-corrected chi connectivity index (χ1v) is 7.62. The number of halogens is 1. The highest BCUT2D eigenvalue weighted by Gasteiger charge is 2.23. The van der Waals surface area contributed by atoms with E-state index in [1.54, 1.807) is 13.8 Å². The highest BCUT2D eigenvalue weighted by molar-refractivity contribution is 5.58. The fourth-order valence-corrected chi connectivity index (χ4v) is 2.86. The first-order chi connectivity index (χ1) is 9.70. The van der Waals surface area contributed by atoms with E-state index in [2.05, 4.69) is 31.7 Å². The van der Waals surface area contributed by atoms with Crippen molar-refractivity contribution in [1.29, 1.82) is 0 Å². The highest BCUT2D eigenvalue weighted by atomic mass is 19.1. The summed E-state index contributed by atoms with van der Waals surface area (Å²) in [6, 6.07) is 3.33. The number of rotatable bonds is 2. The number of aliphatic hydroxyl groups excluding tert-OH is 1. The quantitative estimate of drug-likeness (QED) is 0.818. The second-order valence-corrected chi connectivity index (χ2v) is 7.01. The zero-order chi connectivity index (χ0) is 15.8. The third kappa shape index (κ3) is 3.46. The van der Waals surface area contributed by atoms with Gasteiger partial charge in [0.2, 0.25) is 0 Å². The lowest BCUT2D eigenvalue weighted by Gasteiger charge is -2.35. The Bertz CT molecular complexity index is 555. The van der Waals surface area contributed by atoms with E-state index in [0.29, 0.717) is 11.1 Å². The van der Waals surface area contributed by atoms with Gasteiger partial charge in [0, 0.05) is 24.3 Å². The molecule has 0 spiro atoms. The summed E-state index contributed by atoms with van der Waals surface area (Å²) in [5.41, 5.74) is 3.92. The van der Waals surface area contributed by atoms with Gasteiger partial charge in [0.25, 0.3) is 0 Å². The van der Waals surface area contributed by atoms with E-state index in [1.165, 1.54) is 11.6 Å². The van der Waals surface area contributed by atoms with Crippen LogP contribution in [-0.2, 0) is 0 Å². The Balaban J connectivity index is 2.32. The summed E-state index contributed by atoms with van der Waals surface area (Å²) in [4.78, 5) is 2.23. The molecule has 2 nitrogen and oxygen atoms in total. The summed E-state index contributed by atoms with van der Waals surface area (Å²) < 4.78 is 13.8.